The molecule has 3 rings (SSSR count). The molecule has 2 unspecified atom stereocenters. The van der Waals surface area contributed by atoms with E-state index in [9.17, 15) is 14.7 Å². The van der Waals surface area contributed by atoms with E-state index in [1.165, 1.54) is 17.4 Å². The number of furan rings is 1. The van der Waals surface area contributed by atoms with Gasteiger partial charge >= 0.3 is 0 Å². The summed E-state index contributed by atoms with van der Waals surface area (Å²) in [6.07, 6.45) is 4.59. The zero-order valence-electron chi connectivity index (χ0n) is 16.2. The molecule has 1 aromatic carbocycles. The predicted octanol–water partition coefficient (Wildman–Crippen LogP) is 0.594. The lowest BCUT2D eigenvalue weighted by molar-refractivity contribution is -0.136. The third kappa shape index (κ3) is 4.69. The number of amides is 2. The Morgan fingerprint density at radius 3 is 2.79 bits per heavy atom. The van der Waals surface area contributed by atoms with Gasteiger partial charge in [0.2, 0.25) is 5.91 Å². The zero-order chi connectivity index (χ0) is 21.0. The van der Waals surface area contributed by atoms with Crippen LogP contribution in [0.2, 0.25) is 0 Å². The minimum Gasteiger partial charge on any atom is -0.451 e. The number of aliphatic hydroxyl groups excluding tert-OH is 1. The molecular weight excluding hydrogens is 374 g/mol. The number of benzene rings is 1. The summed E-state index contributed by atoms with van der Waals surface area (Å²) < 4.78 is 5.44. The molecule has 9 nitrogen and oxygen atoms in total. The molecule has 2 heterocycles. The Kier molecular flexibility index (Phi) is 6.40. The van der Waals surface area contributed by atoms with Crippen molar-refractivity contribution in [3.63, 3.8) is 0 Å². The van der Waals surface area contributed by atoms with Gasteiger partial charge in [-0.05, 0) is 36.6 Å². The van der Waals surface area contributed by atoms with Gasteiger partial charge in [0.15, 0.2) is 5.76 Å². The Bertz CT molecular complexity index is 909. The number of fused-ring (bicyclic) bond motifs is 1. The third-order valence-corrected chi connectivity index (χ3v) is 5.35. The predicted molar refractivity (Wildman–Crippen MR) is 108 cm³/mol. The quantitative estimate of drug-likeness (QED) is 0.391. The summed E-state index contributed by atoms with van der Waals surface area (Å²) >= 11 is 0. The molecule has 9 heteroatoms. The maximum Gasteiger partial charge on any atom is 0.284 e. The van der Waals surface area contributed by atoms with Crippen molar-refractivity contribution in [2.45, 2.75) is 31.2 Å². The highest BCUT2D eigenvalue weighted by molar-refractivity contribution is 5.95. The van der Waals surface area contributed by atoms with Gasteiger partial charge in [0.25, 0.3) is 5.91 Å². The average Bonchev–Trinajstić information content (AvgIpc) is 3.15. The number of rotatable bonds is 7. The Hall–Kier alpha value is -3.04. The summed E-state index contributed by atoms with van der Waals surface area (Å²) in [6, 6.07) is 7.15. The van der Waals surface area contributed by atoms with Crippen LogP contribution >= 0.6 is 0 Å². The van der Waals surface area contributed by atoms with Crippen LogP contribution in [0, 0.1) is 0 Å². The normalized spacial score (nSPS) is 19.7. The van der Waals surface area contributed by atoms with Crippen molar-refractivity contribution < 1.29 is 19.1 Å². The molecule has 1 aliphatic heterocycles. The summed E-state index contributed by atoms with van der Waals surface area (Å²) in [4.78, 5) is 25.8. The number of nitrogens with zero attached hydrogens (tertiary/aromatic N) is 2. The van der Waals surface area contributed by atoms with Crippen LogP contribution in [0.25, 0.3) is 11.0 Å². The lowest BCUT2D eigenvalue weighted by Gasteiger charge is -2.39. The van der Waals surface area contributed by atoms with Crippen LogP contribution in [0.1, 0.15) is 41.3 Å². The maximum absolute atomic E-state index is 12.8. The van der Waals surface area contributed by atoms with Gasteiger partial charge in [-0.25, -0.2) is 5.84 Å². The van der Waals surface area contributed by atoms with Gasteiger partial charge in [0.05, 0.1) is 12.6 Å². The first-order valence-electron chi connectivity index (χ1n) is 9.56. The topological polar surface area (TPSA) is 152 Å². The highest BCUT2D eigenvalue weighted by Crippen LogP contribution is 2.32. The smallest absolute Gasteiger partial charge is 0.284 e. The molecule has 7 N–H and O–H groups in total. The molecule has 1 aliphatic rings. The SMILES string of the molecule is N/C=C\N(N)CCC(=O)N1CC(c2ccc3oc(C(N)=O)cc3c2)CCC1CO. The zero-order valence-corrected chi connectivity index (χ0v) is 16.2. The van der Waals surface area contributed by atoms with Gasteiger partial charge in [-0.3, -0.25) is 9.59 Å². The summed E-state index contributed by atoms with van der Waals surface area (Å²) in [6.45, 7) is 0.770. The van der Waals surface area contributed by atoms with E-state index in [2.05, 4.69) is 0 Å². The molecule has 0 radical (unpaired) electrons. The highest BCUT2D eigenvalue weighted by Gasteiger charge is 2.32. The van der Waals surface area contributed by atoms with Gasteiger partial charge in [-0.15, -0.1) is 0 Å². The monoisotopic (exact) mass is 401 g/mol. The lowest BCUT2D eigenvalue weighted by atomic mass is 9.87. The minimum absolute atomic E-state index is 0.0602. The second kappa shape index (κ2) is 8.97. The van der Waals surface area contributed by atoms with E-state index in [1.54, 1.807) is 11.0 Å². The van der Waals surface area contributed by atoms with Crippen LogP contribution in [0.15, 0.2) is 41.1 Å². The summed E-state index contributed by atoms with van der Waals surface area (Å²) in [7, 11) is 0. The number of nitrogens with two attached hydrogens (primary N) is 3. The van der Waals surface area contributed by atoms with Crippen molar-refractivity contribution in [3.05, 3.63) is 48.0 Å². The number of hydrogen-bond acceptors (Lipinski definition) is 7. The third-order valence-electron chi connectivity index (χ3n) is 5.35. The molecule has 0 spiro atoms. The molecular formula is C20H27N5O4. The second-order valence-corrected chi connectivity index (χ2v) is 7.26. The van der Waals surface area contributed by atoms with Crippen LogP contribution < -0.4 is 17.3 Å². The number of piperidine rings is 1. The van der Waals surface area contributed by atoms with E-state index < -0.39 is 5.91 Å². The fourth-order valence-corrected chi connectivity index (χ4v) is 3.79. The van der Waals surface area contributed by atoms with Gasteiger partial charge in [0.1, 0.15) is 5.58 Å². The Morgan fingerprint density at radius 1 is 1.31 bits per heavy atom. The number of hydrogen-bond donors (Lipinski definition) is 4. The van der Waals surface area contributed by atoms with Gasteiger partial charge in [-0.1, -0.05) is 6.07 Å². The summed E-state index contributed by atoms with van der Waals surface area (Å²) in [5.74, 6) is 5.30. The van der Waals surface area contributed by atoms with E-state index in [-0.39, 0.29) is 36.7 Å². The van der Waals surface area contributed by atoms with Crippen LogP contribution in [0.4, 0.5) is 0 Å². The Labute approximate surface area is 168 Å². The number of carbonyl (C=O) groups is 2. The molecule has 2 aromatic rings. The molecule has 156 valence electrons. The molecule has 1 fully saturated rings. The van der Waals surface area contributed by atoms with Crippen LogP contribution in [0.3, 0.4) is 0 Å². The molecule has 29 heavy (non-hydrogen) atoms. The van der Waals surface area contributed by atoms with Gasteiger partial charge < -0.3 is 30.9 Å². The van der Waals surface area contributed by atoms with Crippen molar-refractivity contribution >= 4 is 22.8 Å². The summed E-state index contributed by atoms with van der Waals surface area (Å²) in [5, 5.41) is 11.9. The van der Waals surface area contributed by atoms with Crippen molar-refractivity contribution in [2.24, 2.45) is 17.3 Å². The number of carbonyl (C=O) groups excluding carboxylic acids is 2. The second-order valence-electron chi connectivity index (χ2n) is 7.26. The van der Waals surface area contributed by atoms with Crippen LogP contribution in [0.5, 0.6) is 0 Å². The van der Waals surface area contributed by atoms with E-state index in [0.29, 0.717) is 25.1 Å². The summed E-state index contributed by atoms with van der Waals surface area (Å²) in [5.41, 5.74) is 12.2. The standard InChI is InChI=1S/C20H27N5O4/c21-6-8-24(23)7-5-19(27)25-11-14(1-3-16(25)12-26)13-2-4-17-15(9-13)10-18(29-17)20(22)28/h2,4,6,8-10,14,16,26H,1,3,5,7,11-12,21,23H2,(H2,22,28)/b8-6-. The number of likely N-dealkylation sites (tertiary alicyclic amines) is 1. The molecule has 0 saturated carbocycles. The van der Waals surface area contributed by atoms with Crippen molar-refractivity contribution in [1.82, 2.24) is 9.91 Å². The van der Waals surface area contributed by atoms with Crippen molar-refractivity contribution in [1.29, 1.82) is 0 Å². The van der Waals surface area contributed by atoms with Crippen LogP contribution in [-0.4, -0.2) is 52.6 Å². The molecule has 0 bridgehead atoms. The first-order chi connectivity index (χ1) is 13.9. The lowest BCUT2D eigenvalue weighted by Crippen LogP contribution is -2.48. The fraction of sp³-hybridized carbons (Fsp3) is 0.400. The van der Waals surface area contributed by atoms with Gasteiger partial charge in [0, 0.05) is 43.2 Å². The molecule has 2 amide bonds. The van der Waals surface area contributed by atoms with Crippen LogP contribution in [-0.2, 0) is 4.79 Å². The minimum atomic E-state index is -0.610. The molecule has 1 saturated heterocycles. The number of hydrazine groups is 1. The average molecular weight is 401 g/mol. The van der Waals surface area contributed by atoms with E-state index in [0.717, 1.165) is 17.4 Å². The molecule has 0 aliphatic carbocycles. The van der Waals surface area contributed by atoms with Crippen molar-refractivity contribution in [2.75, 3.05) is 19.7 Å². The van der Waals surface area contributed by atoms with E-state index in [4.69, 9.17) is 21.7 Å². The Balaban J connectivity index is 1.74. The Morgan fingerprint density at radius 2 is 2.10 bits per heavy atom. The molecule has 2 atom stereocenters. The van der Waals surface area contributed by atoms with Gasteiger partial charge in [-0.2, -0.15) is 0 Å². The first-order valence-corrected chi connectivity index (χ1v) is 9.56. The maximum atomic E-state index is 12.8. The van der Waals surface area contributed by atoms with Crippen molar-refractivity contribution in [3.8, 4) is 0 Å². The highest BCUT2D eigenvalue weighted by atomic mass is 16.3. The van der Waals surface area contributed by atoms with E-state index >= 15 is 0 Å². The molecule has 1 aromatic heterocycles. The fourth-order valence-electron chi connectivity index (χ4n) is 3.79. The number of primary amides is 1. The number of aliphatic hydroxyl groups is 1. The first kappa shape index (κ1) is 20.7. The largest absolute Gasteiger partial charge is 0.451 e. The van der Waals surface area contributed by atoms with E-state index in [1.807, 2.05) is 18.2 Å².